The van der Waals surface area contributed by atoms with E-state index in [0.717, 1.165) is 31.6 Å². The van der Waals surface area contributed by atoms with Crippen LogP contribution in [0.5, 0.6) is 0 Å². The lowest BCUT2D eigenvalue weighted by atomic mass is 10.1. The summed E-state index contributed by atoms with van der Waals surface area (Å²) >= 11 is 0. The number of likely N-dealkylation sites (N-methyl/N-ethyl adjacent to an activating group) is 2. The number of nitrogens with zero attached hydrogens (tertiary/aromatic N) is 4. The summed E-state index contributed by atoms with van der Waals surface area (Å²) in [6.07, 6.45) is -0.438. The van der Waals surface area contributed by atoms with Gasteiger partial charge in [-0.05, 0) is 13.3 Å². The minimum Gasteiger partial charge on any atom is -0.344 e. The molecule has 8 heteroatoms. The summed E-state index contributed by atoms with van der Waals surface area (Å²) in [6, 6.07) is -0.0339. The predicted octanol–water partition coefficient (Wildman–Crippen LogP) is 2.58. The number of halogens is 3. The Morgan fingerprint density at radius 3 is 2.27 bits per heavy atom. The van der Waals surface area contributed by atoms with E-state index in [9.17, 15) is 18.0 Å². The molecule has 5 nitrogen and oxygen atoms in total. The van der Waals surface area contributed by atoms with Crippen molar-refractivity contribution in [2.24, 2.45) is 0 Å². The van der Waals surface area contributed by atoms with Crippen molar-refractivity contribution in [2.45, 2.75) is 38.9 Å². The molecule has 0 aliphatic heterocycles. The Labute approximate surface area is 128 Å². The molecule has 0 N–H and O–H groups in total. The Bertz CT molecular complexity index is 464. The second-order valence-electron chi connectivity index (χ2n) is 5.02. The molecular weight excluding hydrogens is 297 g/mol. The minimum atomic E-state index is -4.45. The first-order chi connectivity index (χ1) is 10.3. The predicted molar refractivity (Wildman–Crippen MR) is 77.4 cm³/mol. The Hall–Kier alpha value is -1.86. The van der Waals surface area contributed by atoms with E-state index in [4.69, 9.17) is 0 Å². The van der Waals surface area contributed by atoms with Crippen LogP contribution in [0.25, 0.3) is 0 Å². The normalized spacial score (nSPS) is 12.8. The first-order valence-electron chi connectivity index (χ1n) is 7.14. The third kappa shape index (κ3) is 4.85. The van der Waals surface area contributed by atoms with Gasteiger partial charge in [-0.3, -0.25) is 4.79 Å². The highest BCUT2D eigenvalue weighted by molar-refractivity contribution is 5.47. The summed E-state index contributed by atoms with van der Waals surface area (Å²) in [4.78, 5) is 21.9. The summed E-state index contributed by atoms with van der Waals surface area (Å²) in [5.41, 5.74) is -0.873. The van der Waals surface area contributed by atoms with Gasteiger partial charge in [0.1, 0.15) is 0 Å². The van der Waals surface area contributed by atoms with Crippen molar-refractivity contribution >= 4 is 12.4 Å². The maximum absolute atomic E-state index is 12.5. The molecule has 1 atom stereocenters. The van der Waals surface area contributed by atoms with Crippen LogP contribution in [0.15, 0.2) is 12.4 Å². The molecule has 0 aromatic carbocycles. The number of amides is 1. The van der Waals surface area contributed by atoms with E-state index in [1.165, 1.54) is 0 Å². The van der Waals surface area contributed by atoms with Crippen LogP contribution in [0.3, 0.4) is 0 Å². The largest absolute Gasteiger partial charge is 0.419 e. The molecule has 0 spiro atoms. The fourth-order valence-corrected chi connectivity index (χ4v) is 2.08. The van der Waals surface area contributed by atoms with Gasteiger partial charge in [0.2, 0.25) is 12.4 Å². The molecule has 1 aromatic rings. The third-order valence-electron chi connectivity index (χ3n) is 3.43. The topological polar surface area (TPSA) is 49.3 Å². The molecule has 0 saturated heterocycles. The third-order valence-corrected chi connectivity index (χ3v) is 3.43. The Morgan fingerprint density at radius 1 is 1.27 bits per heavy atom. The Kier molecular flexibility index (Phi) is 6.58. The van der Waals surface area contributed by atoms with E-state index in [1.807, 2.05) is 13.8 Å². The molecule has 0 fully saturated rings. The molecule has 1 rings (SSSR count). The number of rotatable bonds is 8. The number of carbonyl (C=O) groups excluding carboxylic acids is 1. The zero-order valence-corrected chi connectivity index (χ0v) is 13.0. The fourth-order valence-electron chi connectivity index (χ4n) is 2.08. The first kappa shape index (κ1) is 18.2. The number of hydrogen-bond donors (Lipinski definition) is 0. The van der Waals surface area contributed by atoms with Crippen molar-refractivity contribution < 1.29 is 18.0 Å². The van der Waals surface area contributed by atoms with Gasteiger partial charge in [-0.1, -0.05) is 13.3 Å². The lowest BCUT2D eigenvalue weighted by Crippen LogP contribution is -2.42. The van der Waals surface area contributed by atoms with Crippen LogP contribution >= 0.6 is 0 Å². The smallest absolute Gasteiger partial charge is 0.344 e. The van der Waals surface area contributed by atoms with Crippen LogP contribution < -0.4 is 4.90 Å². The molecule has 0 unspecified atom stereocenters. The van der Waals surface area contributed by atoms with Gasteiger partial charge in [-0.15, -0.1) is 0 Å². The van der Waals surface area contributed by atoms with E-state index in [1.54, 1.807) is 16.8 Å². The first-order valence-corrected chi connectivity index (χ1v) is 7.14. The Morgan fingerprint density at radius 2 is 1.86 bits per heavy atom. The van der Waals surface area contributed by atoms with Gasteiger partial charge in [0, 0.05) is 38.6 Å². The summed E-state index contributed by atoms with van der Waals surface area (Å²) in [7, 11) is 1.69. The van der Waals surface area contributed by atoms with Gasteiger partial charge in [0.05, 0.1) is 5.56 Å². The van der Waals surface area contributed by atoms with Gasteiger partial charge < -0.3 is 9.80 Å². The van der Waals surface area contributed by atoms with Gasteiger partial charge in [0.15, 0.2) is 0 Å². The van der Waals surface area contributed by atoms with Crippen molar-refractivity contribution in [3.63, 3.8) is 0 Å². The molecule has 0 radical (unpaired) electrons. The highest BCUT2D eigenvalue weighted by Gasteiger charge is 2.31. The van der Waals surface area contributed by atoms with E-state index in [0.29, 0.717) is 13.1 Å². The molecule has 0 bridgehead atoms. The van der Waals surface area contributed by atoms with Crippen LogP contribution in [0, 0.1) is 0 Å². The van der Waals surface area contributed by atoms with Crippen molar-refractivity contribution in [1.29, 1.82) is 0 Å². The number of aromatic nitrogens is 2. The monoisotopic (exact) mass is 318 g/mol. The number of hydrogen-bond acceptors (Lipinski definition) is 4. The molecule has 0 aliphatic carbocycles. The molecule has 0 aliphatic rings. The standard InChI is InChI=1S/C14H21F3N4O/c1-4-6-12(20(3)10-22)9-21(5-2)13-18-7-11(8-19-13)14(15,16)17/h7-8,10,12H,4-6,9H2,1-3H3/t12-/m0/s1. The maximum atomic E-state index is 12.5. The van der Waals surface area contributed by atoms with Crippen LogP contribution in [0.2, 0.25) is 0 Å². The molecule has 1 amide bonds. The van der Waals surface area contributed by atoms with E-state index >= 15 is 0 Å². The van der Waals surface area contributed by atoms with Gasteiger partial charge >= 0.3 is 6.18 Å². The zero-order chi connectivity index (χ0) is 16.8. The molecule has 1 aromatic heterocycles. The quantitative estimate of drug-likeness (QED) is 0.691. The average Bonchev–Trinajstić information content (AvgIpc) is 2.50. The molecule has 124 valence electrons. The molecule has 22 heavy (non-hydrogen) atoms. The SMILES string of the molecule is CCC[C@@H](CN(CC)c1ncc(C(F)(F)F)cn1)N(C)C=O. The van der Waals surface area contributed by atoms with Crippen molar-refractivity contribution in [3.8, 4) is 0 Å². The van der Waals surface area contributed by atoms with Crippen molar-refractivity contribution in [1.82, 2.24) is 14.9 Å². The van der Waals surface area contributed by atoms with Gasteiger partial charge in [-0.25, -0.2) is 9.97 Å². The van der Waals surface area contributed by atoms with Crippen molar-refractivity contribution in [2.75, 3.05) is 25.0 Å². The molecule has 1 heterocycles. The fraction of sp³-hybridized carbons (Fsp3) is 0.643. The second-order valence-corrected chi connectivity index (χ2v) is 5.02. The number of carbonyl (C=O) groups is 1. The summed E-state index contributed by atoms with van der Waals surface area (Å²) in [5.74, 6) is 0.232. The molecular formula is C14H21F3N4O. The van der Waals surface area contributed by atoms with Crippen LogP contribution in [0.1, 0.15) is 32.3 Å². The molecule has 0 saturated carbocycles. The van der Waals surface area contributed by atoms with E-state index < -0.39 is 11.7 Å². The van der Waals surface area contributed by atoms with E-state index in [2.05, 4.69) is 9.97 Å². The van der Waals surface area contributed by atoms with Gasteiger partial charge in [-0.2, -0.15) is 13.2 Å². The van der Waals surface area contributed by atoms with E-state index in [-0.39, 0.29) is 12.0 Å². The summed E-state index contributed by atoms with van der Waals surface area (Å²) in [5, 5.41) is 0. The zero-order valence-electron chi connectivity index (χ0n) is 13.0. The summed E-state index contributed by atoms with van der Waals surface area (Å²) in [6.45, 7) is 4.89. The van der Waals surface area contributed by atoms with Crippen LogP contribution in [-0.2, 0) is 11.0 Å². The average molecular weight is 318 g/mol. The highest BCUT2D eigenvalue weighted by Crippen LogP contribution is 2.28. The maximum Gasteiger partial charge on any atom is 0.419 e. The summed E-state index contributed by atoms with van der Waals surface area (Å²) < 4.78 is 37.6. The Balaban J connectivity index is 2.88. The van der Waals surface area contributed by atoms with Gasteiger partial charge in [0.25, 0.3) is 0 Å². The lowest BCUT2D eigenvalue weighted by Gasteiger charge is -2.30. The highest BCUT2D eigenvalue weighted by atomic mass is 19.4. The van der Waals surface area contributed by atoms with Crippen LogP contribution in [-0.4, -0.2) is 47.5 Å². The lowest BCUT2D eigenvalue weighted by molar-refractivity contribution is -0.138. The van der Waals surface area contributed by atoms with Crippen molar-refractivity contribution in [3.05, 3.63) is 18.0 Å². The second kappa shape index (κ2) is 7.95. The van der Waals surface area contributed by atoms with Crippen LogP contribution in [0.4, 0.5) is 19.1 Å². The number of anilines is 1. The number of alkyl halides is 3. The minimum absolute atomic E-state index is 0.0339.